The summed E-state index contributed by atoms with van der Waals surface area (Å²) < 4.78 is 5.22. The number of likely N-dealkylation sites (tertiary alicyclic amines) is 1. The minimum absolute atomic E-state index is 0.0144. The molecule has 0 spiro atoms. The van der Waals surface area contributed by atoms with Gasteiger partial charge in [-0.05, 0) is 66.8 Å². The molecule has 0 unspecified atom stereocenters. The van der Waals surface area contributed by atoms with Gasteiger partial charge in [0.25, 0.3) is 11.8 Å². The number of nitrogens with zero attached hydrogens (tertiary/aromatic N) is 1. The molecule has 1 saturated heterocycles. The number of anilines is 1. The average Bonchev–Trinajstić information content (AvgIpc) is 3.43. The number of rotatable bonds is 5. The molecule has 0 radical (unpaired) electrons. The molecule has 2 aliphatic rings. The molecule has 29 heavy (non-hydrogen) atoms. The van der Waals surface area contributed by atoms with Crippen LogP contribution in [0.25, 0.3) is 0 Å². The first-order chi connectivity index (χ1) is 14.1. The number of fused-ring (bicyclic) bond motifs is 1. The highest BCUT2D eigenvalue weighted by Crippen LogP contribution is 2.25. The van der Waals surface area contributed by atoms with Crippen LogP contribution >= 0.6 is 11.3 Å². The zero-order valence-corrected chi connectivity index (χ0v) is 17.0. The number of amides is 2. The molecular weight excluding hydrogens is 388 g/mol. The van der Waals surface area contributed by atoms with E-state index < -0.39 is 0 Å². The highest BCUT2D eigenvalue weighted by Gasteiger charge is 2.29. The second kappa shape index (κ2) is 8.78. The number of hydrogen-bond acceptors (Lipinski definition) is 5. The fourth-order valence-corrected chi connectivity index (χ4v) is 4.67. The van der Waals surface area contributed by atoms with E-state index in [1.165, 1.54) is 22.5 Å². The molecule has 1 aliphatic heterocycles. The van der Waals surface area contributed by atoms with Gasteiger partial charge in [0.05, 0.1) is 10.8 Å². The number of hydrogen-bond donors (Lipinski definition) is 1. The third kappa shape index (κ3) is 4.67. The lowest BCUT2D eigenvalue weighted by molar-refractivity contribution is -0.152. The Hall–Kier alpha value is -2.67. The molecule has 1 aliphatic carbocycles. The molecule has 4 rings (SSSR count). The van der Waals surface area contributed by atoms with Gasteiger partial charge in [-0.15, -0.1) is 11.3 Å². The monoisotopic (exact) mass is 412 g/mol. The van der Waals surface area contributed by atoms with Crippen molar-refractivity contribution in [1.29, 1.82) is 0 Å². The molecule has 2 heterocycles. The molecule has 0 atom stereocenters. The van der Waals surface area contributed by atoms with E-state index in [0.29, 0.717) is 30.8 Å². The van der Waals surface area contributed by atoms with Crippen LogP contribution in [0.5, 0.6) is 0 Å². The number of ether oxygens (including phenoxy) is 1. The number of carbonyl (C=O) groups excluding carboxylic acids is 3. The minimum atomic E-state index is -0.364. The summed E-state index contributed by atoms with van der Waals surface area (Å²) >= 11 is 1.42. The second-order valence-electron chi connectivity index (χ2n) is 7.54. The Kier molecular flexibility index (Phi) is 5.94. The maximum Gasteiger partial charge on any atom is 0.309 e. The molecule has 1 fully saturated rings. The maximum atomic E-state index is 12.4. The van der Waals surface area contributed by atoms with Gasteiger partial charge in [-0.3, -0.25) is 14.4 Å². The molecule has 1 aromatic carbocycles. The average molecular weight is 413 g/mol. The van der Waals surface area contributed by atoms with Gasteiger partial charge in [-0.2, -0.15) is 0 Å². The predicted molar refractivity (Wildman–Crippen MR) is 111 cm³/mol. The van der Waals surface area contributed by atoms with E-state index in [0.717, 1.165) is 24.9 Å². The van der Waals surface area contributed by atoms with Gasteiger partial charge in [0.15, 0.2) is 6.61 Å². The van der Waals surface area contributed by atoms with Crippen molar-refractivity contribution >= 4 is 34.8 Å². The first kappa shape index (κ1) is 19.6. The van der Waals surface area contributed by atoms with Gasteiger partial charge < -0.3 is 15.0 Å². The zero-order chi connectivity index (χ0) is 20.2. The van der Waals surface area contributed by atoms with Crippen LogP contribution in [0.2, 0.25) is 0 Å². The summed E-state index contributed by atoms with van der Waals surface area (Å²) in [6.07, 6.45) is 4.41. The molecule has 2 aromatic rings. The third-order valence-electron chi connectivity index (χ3n) is 5.58. The van der Waals surface area contributed by atoms with Gasteiger partial charge in [0.1, 0.15) is 0 Å². The molecule has 1 aromatic heterocycles. The highest BCUT2D eigenvalue weighted by molar-refractivity contribution is 7.12. The summed E-state index contributed by atoms with van der Waals surface area (Å²) in [6.45, 7) is 0.764. The Morgan fingerprint density at radius 3 is 2.66 bits per heavy atom. The van der Waals surface area contributed by atoms with Crippen molar-refractivity contribution in [1.82, 2.24) is 4.90 Å². The number of aryl methyl sites for hydroxylation is 2. The number of nitrogens with one attached hydrogen (secondary N) is 1. The van der Waals surface area contributed by atoms with Gasteiger partial charge in [-0.1, -0.05) is 12.1 Å². The molecule has 7 heteroatoms. The van der Waals surface area contributed by atoms with Crippen molar-refractivity contribution in [2.24, 2.45) is 5.92 Å². The highest BCUT2D eigenvalue weighted by atomic mass is 32.1. The Morgan fingerprint density at radius 1 is 1.10 bits per heavy atom. The smallest absolute Gasteiger partial charge is 0.309 e. The SMILES string of the molecule is O=C(COC(=O)C1CCN(C(=O)c2cccs2)CC1)Nc1ccc2c(c1)CCC2. The van der Waals surface area contributed by atoms with E-state index in [4.69, 9.17) is 4.74 Å². The number of thiophene rings is 1. The molecule has 6 nitrogen and oxygen atoms in total. The second-order valence-corrected chi connectivity index (χ2v) is 8.48. The van der Waals surface area contributed by atoms with E-state index in [1.807, 2.05) is 29.6 Å². The zero-order valence-electron chi connectivity index (χ0n) is 16.2. The van der Waals surface area contributed by atoms with Gasteiger partial charge in [0.2, 0.25) is 0 Å². The topological polar surface area (TPSA) is 75.7 Å². The van der Waals surface area contributed by atoms with E-state index >= 15 is 0 Å². The van der Waals surface area contributed by atoms with Crippen molar-refractivity contribution in [3.63, 3.8) is 0 Å². The van der Waals surface area contributed by atoms with Gasteiger partial charge in [-0.25, -0.2) is 0 Å². The normalized spacial score (nSPS) is 16.3. The third-order valence-corrected chi connectivity index (χ3v) is 6.43. The molecule has 0 bridgehead atoms. The lowest BCUT2D eigenvalue weighted by atomic mass is 9.97. The molecule has 1 N–H and O–H groups in total. The summed E-state index contributed by atoms with van der Waals surface area (Å²) in [5, 5.41) is 4.68. The number of benzene rings is 1. The number of esters is 1. The molecular formula is C22H24N2O4S. The first-order valence-corrected chi connectivity index (χ1v) is 10.9. The first-order valence-electron chi connectivity index (χ1n) is 10.0. The molecule has 152 valence electrons. The number of piperidine rings is 1. The fraction of sp³-hybridized carbons (Fsp3) is 0.409. The Morgan fingerprint density at radius 2 is 1.90 bits per heavy atom. The van der Waals surface area contributed by atoms with Gasteiger partial charge >= 0.3 is 5.97 Å². The largest absolute Gasteiger partial charge is 0.455 e. The summed E-state index contributed by atoms with van der Waals surface area (Å²) in [4.78, 5) is 39.3. The van der Waals surface area contributed by atoms with Crippen LogP contribution in [0.4, 0.5) is 5.69 Å². The molecule has 0 saturated carbocycles. The van der Waals surface area contributed by atoms with E-state index in [9.17, 15) is 14.4 Å². The Bertz CT molecular complexity index is 902. The van der Waals surface area contributed by atoms with E-state index in [-0.39, 0.29) is 30.3 Å². The van der Waals surface area contributed by atoms with Crippen LogP contribution in [-0.2, 0) is 27.2 Å². The lowest BCUT2D eigenvalue weighted by Crippen LogP contribution is -2.40. The predicted octanol–water partition coefficient (Wildman–Crippen LogP) is 3.27. The van der Waals surface area contributed by atoms with Crippen LogP contribution < -0.4 is 5.32 Å². The van der Waals surface area contributed by atoms with Crippen LogP contribution in [-0.4, -0.2) is 42.4 Å². The Labute approximate surface area is 173 Å². The van der Waals surface area contributed by atoms with Crippen LogP contribution in [0.15, 0.2) is 35.7 Å². The maximum absolute atomic E-state index is 12.4. The Balaban J connectivity index is 1.21. The van der Waals surface area contributed by atoms with E-state index in [2.05, 4.69) is 11.4 Å². The lowest BCUT2D eigenvalue weighted by Gasteiger charge is -2.30. The van der Waals surface area contributed by atoms with Crippen LogP contribution in [0.1, 0.15) is 40.1 Å². The van der Waals surface area contributed by atoms with Crippen LogP contribution in [0.3, 0.4) is 0 Å². The van der Waals surface area contributed by atoms with Gasteiger partial charge in [0, 0.05) is 18.8 Å². The number of carbonyl (C=O) groups is 3. The van der Waals surface area contributed by atoms with Crippen molar-refractivity contribution < 1.29 is 19.1 Å². The summed E-state index contributed by atoms with van der Waals surface area (Å²) in [5.41, 5.74) is 3.37. The summed E-state index contributed by atoms with van der Waals surface area (Å²) in [6, 6.07) is 9.62. The van der Waals surface area contributed by atoms with Crippen molar-refractivity contribution in [2.45, 2.75) is 32.1 Å². The minimum Gasteiger partial charge on any atom is -0.455 e. The van der Waals surface area contributed by atoms with Crippen LogP contribution in [0, 0.1) is 5.92 Å². The fourth-order valence-electron chi connectivity index (χ4n) is 3.98. The quantitative estimate of drug-likeness (QED) is 0.765. The van der Waals surface area contributed by atoms with E-state index in [1.54, 1.807) is 4.90 Å². The standard InChI is InChI=1S/C22H24N2O4S/c25-20(23-18-7-6-15-3-1-4-17(15)13-18)14-28-22(27)16-8-10-24(11-9-16)21(26)19-5-2-12-29-19/h2,5-7,12-13,16H,1,3-4,8-11,14H2,(H,23,25). The summed E-state index contributed by atoms with van der Waals surface area (Å²) in [7, 11) is 0. The van der Waals surface area contributed by atoms with Crippen molar-refractivity contribution in [3.05, 3.63) is 51.7 Å². The van der Waals surface area contributed by atoms with Crippen molar-refractivity contribution in [3.8, 4) is 0 Å². The van der Waals surface area contributed by atoms with Crippen molar-refractivity contribution in [2.75, 3.05) is 25.0 Å². The molecule has 2 amide bonds. The summed E-state index contributed by atoms with van der Waals surface area (Å²) in [5.74, 6) is -0.949.